The maximum Gasteiger partial charge on any atom is 0.306 e. The summed E-state index contributed by atoms with van der Waals surface area (Å²) in [5, 5.41) is 9.33. The lowest BCUT2D eigenvalue weighted by molar-refractivity contribution is -0.142. The summed E-state index contributed by atoms with van der Waals surface area (Å²) in [5.74, 6) is -1.22. The molecule has 172 valence electrons. The van der Waals surface area contributed by atoms with Crippen molar-refractivity contribution in [1.29, 1.82) is 0 Å². The van der Waals surface area contributed by atoms with E-state index < -0.39 is 28.0 Å². The first-order valence-corrected chi connectivity index (χ1v) is 12.2. The summed E-state index contributed by atoms with van der Waals surface area (Å²) >= 11 is 0. The molecule has 2 atom stereocenters. The van der Waals surface area contributed by atoms with Gasteiger partial charge in [-0.25, -0.2) is 8.42 Å². The monoisotopic (exact) mass is 466 g/mol. The van der Waals surface area contributed by atoms with Crippen LogP contribution in [0.5, 0.6) is 5.75 Å². The molecule has 0 spiro atoms. The molecule has 2 aromatic carbocycles. The standard InChI is InChI=1S/C25H26N2O5S/c1-16-6-4-8-21(12-16)33(30,31)27-15-20(13-17(2)25(28)29)32-24-11-10-19(14-23(24)27)22-9-5-7-18(3)26-22/h4-12,14,17,20H,13,15H2,1-3H3,(H,28,29)/t17-,20+/m1/s1. The zero-order valence-corrected chi connectivity index (χ0v) is 19.5. The van der Waals surface area contributed by atoms with Crippen molar-refractivity contribution in [1.82, 2.24) is 4.98 Å². The molecule has 0 bridgehead atoms. The molecule has 1 N–H and O–H groups in total. The van der Waals surface area contributed by atoms with Crippen molar-refractivity contribution in [2.45, 2.75) is 38.2 Å². The van der Waals surface area contributed by atoms with Crippen LogP contribution in [0, 0.1) is 19.8 Å². The number of pyridine rings is 1. The Morgan fingerprint density at radius 1 is 1.15 bits per heavy atom. The lowest BCUT2D eigenvalue weighted by Crippen LogP contribution is -2.44. The van der Waals surface area contributed by atoms with Gasteiger partial charge in [-0.15, -0.1) is 0 Å². The molecule has 4 rings (SSSR count). The van der Waals surface area contributed by atoms with Gasteiger partial charge in [0.05, 0.1) is 28.7 Å². The Bertz CT molecular complexity index is 1310. The van der Waals surface area contributed by atoms with Crippen molar-refractivity contribution in [3.63, 3.8) is 0 Å². The Morgan fingerprint density at radius 2 is 1.91 bits per heavy atom. The van der Waals surface area contributed by atoms with Crippen LogP contribution in [0.15, 0.2) is 65.6 Å². The van der Waals surface area contributed by atoms with Gasteiger partial charge in [0.2, 0.25) is 0 Å². The molecule has 0 fully saturated rings. The first-order chi connectivity index (χ1) is 15.6. The molecule has 3 aromatic rings. The fraction of sp³-hybridized carbons (Fsp3) is 0.280. The molecule has 1 aliphatic rings. The highest BCUT2D eigenvalue weighted by Gasteiger charge is 2.36. The molecular weight excluding hydrogens is 440 g/mol. The minimum absolute atomic E-state index is 0.0194. The third kappa shape index (κ3) is 4.71. The van der Waals surface area contributed by atoms with Crippen LogP contribution in [0.1, 0.15) is 24.6 Å². The number of benzene rings is 2. The number of hydrogen-bond donors (Lipinski definition) is 1. The second-order valence-corrected chi connectivity index (χ2v) is 10.3. The number of carbonyl (C=O) groups is 1. The third-order valence-electron chi connectivity index (χ3n) is 5.69. The van der Waals surface area contributed by atoms with Crippen molar-refractivity contribution in [3.8, 4) is 17.0 Å². The van der Waals surface area contributed by atoms with Gasteiger partial charge in [0, 0.05) is 11.3 Å². The van der Waals surface area contributed by atoms with Gasteiger partial charge in [0.1, 0.15) is 11.9 Å². The summed E-state index contributed by atoms with van der Waals surface area (Å²) in [6, 6.07) is 17.7. The van der Waals surface area contributed by atoms with Gasteiger partial charge in [-0.1, -0.05) is 25.1 Å². The molecular formula is C25H26N2O5S. The SMILES string of the molecule is Cc1cccc(S(=O)(=O)N2C[C@H](C[C@@H](C)C(=O)O)Oc3ccc(-c4cccc(C)n4)cc32)c1. The van der Waals surface area contributed by atoms with Crippen LogP contribution >= 0.6 is 0 Å². The Hall–Kier alpha value is -3.39. The molecule has 0 radical (unpaired) electrons. The molecule has 2 heterocycles. The lowest BCUT2D eigenvalue weighted by Gasteiger charge is -2.36. The number of aryl methyl sites for hydroxylation is 2. The number of aliphatic carboxylic acids is 1. The van der Waals surface area contributed by atoms with Crippen LogP contribution in [-0.4, -0.2) is 37.1 Å². The Morgan fingerprint density at radius 3 is 2.61 bits per heavy atom. The third-order valence-corrected chi connectivity index (χ3v) is 7.47. The zero-order chi connectivity index (χ0) is 23.8. The number of hydrogen-bond acceptors (Lipinski definition) is 5. The minimum atomic E-state index is -3.91. The summed E-state index contributed by atoms with van der Waals surface area (Å²) in [5.41, 5.74) is 3.60. The predicted octanol–water partition coefficient (Wildman–Crippen LogP) is 4.43. The molecule has 0 saturated heterocycles. The number of carboxylic acids is 1. The van der Waals surface area contributed by atoms with E-state index in [2.05, 4.69) is 4.98 Å². The fourth-order valence-corrected chi connectivity index (χ4v) is 5.53. The van der Waals surface area contributed by atoms with E-state index in [0.717, 1.165) is 22.5 Å². The topological polar surface area (TPSA) is 96.8 Å². The van der Waals surface area contributed by atoms with E-state index in [9.17, 15) is 18.3 Å². The van der Waals surface area contributed by atoms with E-state index >= 15 is 0 Å². The summed E-state index contributed by atoms with van der Waals surface area (Å²) in [7, 11) is -3.91. The van der Waals surface area contributed by atoms with Crippen LogP contribution in [0.25, 0.3) is 11.3 Å². The highest BCUT2D eigenvalue weighted by atomic mass is 32.2. The van der Waals surface area contributed by atoms with Crippen molar-refractivity contribution in [3.05, 3.63) is 71.9 Å². The van der Waals surface area contributed by atoms with Crippen LogP contribution in [-0.2, 0) is 14.8 Å². The number of fused-ring (bicyclic) bond motifs is 1. The average molecular weight is 467 g/mol. The number of nitrogens with zero attached hydrogens (tertiary/aromatic N) is 2. The van der Waals surface area contributed by atoms with Crippen LogP contribution in [0.2, 0.25) is 0 Å². The number of ether oxygens (including phenoxy) is 1. The summed E-state index contributed by atoms with van der Waals surface area (Å²) in [6.07, 6.45) is -0.401. The highest BCUT2D eigenvalue weighted by Crippen LogP contribution is 2.40. The maximum absolute atomic E-state index is 13.7. The number of aromatic nitrogens is 1. The van der Waals surface area contributed by atoms with E-state index in [1.165, 1.54) is 4.31 Å². The Labute approximate surface area is 193 Å². The normalized spacial score (nSPS) is 16.6. The second-order valence-electron chi connectivity index (χ2n) is 8.41. The minimum Gasteiger partial charge on any atom is -0.486 e. The predicted molar refractivity (Wildman–Crippen MR) is 126 cm³/mol. The van der Waals surface area contributed by atoms with E-state index in [0.29, 0.717) is 11.4 Å². The highest BCUT2D eigenvalue weighted by molar-refractivity contribution is 7.92. The Balaban J connectivity index is 1.81. The average Bonchev–Trinajstić information content (AvgIpc) is 2.78. The molecule has 0 amide bonds. The van der Waals surface area contributed by atoms with Gasteiger partial charge in [-0.05, 0) is 68.3 Å². The molecule has 0 aliphatic carbocycles. The quantitative estimate of drug-likeness (QED) is 0.577. The number of rotatable bonds is 6. The summed E-state index contributed by atoms with van der Waals surface area (Å²) < 4.78 is 34.8. The molecule has 8 heteroatoms. The van der Waals surface area contributed by atoms with Crippen LogP contribution in [0.3, 0.4) is 0 Å². The molecule has 7 nitrogen and oxygen atoms in total. The molecule has 0 saturated carbocycles. The Kier molecular flexibility index (Phi) is 6.12. The van der Waals surface area contributed by atoms with Gasteiger partial charge < -0.3 is 9.84 Å². The molecule has 1 aliphatic heterocycles. The molecule has 33 heavy (non-hydrogen) atoms. The number of sulfonamides is 1. The van der Waals surface area contributed by atoms with Gasteiger partial charge in [0.25, 0.3) is 10.0 Å². The fourth-order valence-electron chi connectivity index (χ4n) is 3.92. The van der Waals surface area contributed by atoms with Crippen molar-refractivity contribution < 1.29 is 23.1 Å². The van der Waals surface area contributed by atoms with E-state index in [1.807, 2.05) is 44.2 Å². The number of carboxylic acid groups (broad SMARTS) is 1. The summed E-state index contributed by atoms with van der Waals surface area (Å²) in [4.78, 5) is 16.1. The van der Waals surface area contributed by atoms with Crippen LogP contribution in [0.4, 0.5) is 5.69 Å². The summed E-state index contributed by atoms with van der Waals surface area (Å²) in [6.45, 7) is 5.34. The van der Waals surface area contributed by atoms with E-state index in [1.54, 1.807) is 37.3 Å². The largest absolute Gasteiger partial charge is 0.486 e. The van der Waals surface area contributed by atoms with Gasteiger partial charge in [0.15, 0.2) is 0 Å². The van der Waals surface area contributed by atoms with E-state index in [4.69, 9.17) is 4.74 Å². The second kappa shape index (κ2) is 8.86. The number of anilines is 1. The smallest absolute Gasteiger partial charge is 0.306 e. The van der Waals surface area contributed by atoms with E-state index in [-0.39, 0.29) is 17.9 Å². The van der Waals surface area contributed by atoms with Crippen molar-refractivity contribution in [2.24, 2.45) is 5.92 Å². The first-order valence-electron chi connectivity index (χ1n) is 10.7. The van der Waals surface area contributed by atoms with Gasteiger partial charge >= 0.3 is 5.97 Å². The van der Waals surface area contributed by atoms with Crippen molar-refractivity contribution >= 4 is 21.7 Å². The van der Waals surface area contributed by atoms with Gasteiger partial charge in [-0.2, -0.15) is 0 Å². The maximum atomic E-state index is 13.7. The first kappa shape index (κ1) is 22.8. The van der Waals surface area contributed by atoms with Gasteiger partial charge in [-0.3, -0.25) is 14.1 Å². The zero-order valence-electron chi connectivity index (χ0n) is 18.7. The lowest BCUT2D eigenvalue weighted by atomic mass is 10.0. The van der Waals surface area contributed by atoms with Crippen LogP contribution < -0.4 is 9.04 Å². The molecule has 0 unspecified atom stereocenters. The molecule has 1 aromatic heterocycles. The van der Waals surface area contributed by atoms with Crippen molar-refractivity contribution in [2.75, 3.05) is 10.8 Å².